The highest BCUT2D eigenvalue weighted by molar-refractivity contribution is 5.92. The van der Waals surface area contributed by atoms with Crippen molar-refractivity contribution in [1.82, 2.24) is 9.88 Å². The van der Waals surface area contributed by atoms with E-state index in [1.165, 1.54) is 23.1 Å². The molecule has 1 N–H and O–H groups in total. The number of aromatic hydroxyl groups is 1. The van der Waals surface area contributed by atoms with Crippen LogP contribution in [-0.2, 0) is 6.18 Å². The number of nitrogens with zero attached hydrogens (tertiary/aromatic N) is 2. The summed E-state index contributed by atoms with van der Waals surface area (Å²) in [6.07, 6.45) is -4.67. The molecule has 0 bridgehead atoms. The van der Waals surface area contributed by atoms with E-state index in [2.05, 4.69) is 4.98 Å². The molecule has 0 aliphatic heterocycles. The van der Waals surface area contributed by atoms with E-state index in [-0.39, 0.29) is 22.9 Å². The van der Waals surface area contributed by atoms with Crippen molar-refractivity contribution >= 4 is 5.91 Å². The first-order valence-electron chi connectivity index (χ1n) is 6.29. The van der Waals surface area contributed by atoms with E-state index in [0.29, 0.717) is 0 Å². The molecule has 0 fully saturated rings. The minimum atomic E-state index is -4.67. The number of phenols is 1. The lowest BCUT2D eigenvalue weighted by molar-refractivity contribution is -0.138. The lowest BCUT2D eigenvalue weighted by Crippen LogP contribution is -2.22. The van der Waals surface area contributed by atoms with E-state index < -0.39 is 17.5 Å². The number of amides is 1. The van der Waals surface area contributed by atoms with E-state index in [1.807, 2.05) is 0 Å². The Morgan fingerprint density at radius 3 is 2.45 bits per heavy atom. The summed E-state index contributed by atoms with van der Waals surface area (Å²) >= 11 is 0. The van der Waals surface area contributed by atoms with Gasteiger partial charge in [0.05, 0.1) is 11.3 Å². The molecule has 2 rings (SSSR count). The fourth-order valence-electron chi connectivity index (χ4n) is 1.87. The standard InChI is InChI=1S/C15H13F3N2O2/c1-20(2)14(22)12-5-3-4-11(19-12)9-6-7-13(21)10(8-9)15(16,17)18/h3-8,21H,1-2H3. The van der Waals surface area contributed by atoms with Crippen LogP contribution in [0.1, 0.15) is 16.1 Å². The lowest BCUT2D eigenvalue weighted by atomic mass is 10.1. The predicted molar refractivity (Wildman–Crippen MR) is 74.4 cm³/mol. The second-order valence-electron chi connectivity index (χ2n) is 4.84. The average Bonchev–Trinajstić information content (AvgIpc) is 2.45. The third-order valence-electron chi connectivity index (χ3n) is 2.97. The summed E-state index contributed by atoms with van der Waals surface area (Å²) < 4.78 is 38.4. The molecule has 0 saturated carbocycles. The summed E-state index contributed by atoms with van der Waals surface area (Å²) in [6, 6.07) is 7.60. The second kappa shape index (κ2) is 5.67. The first-order valence-corrected chi connectivity index (χ1v) is 6.29. The van der Waals surface area contributed by atoms with Crippen molar-refractivity contribution in [3.63, 3.8) is 0 Å². The molecular weight excluding hydrogens is 297 g/mol. The van der Waals surface area contributed by atoms with Gasteiger partial charge in [0.1, 0.15) is 11.4 Å². The third kappa shape index (κ3) is 3.19. The fraction of sp³-hybridized carbons (Fsp3) is 0.200. The number of pyridine rings is 1. The Hall–Kier alpha value is -2.57. The van der Waals surface area contributed by atoms with Gasteiger partial charge in [0.2, 0.25) is 0 Å². The van der Waals surface area contributed by atoms with Gasteiger partial charge in [-0.05, 0) is 30.3 Å². The van der Waals surface area contributed by atoms with Gasteiger partial charge in [-0.3, -0.25) is 4.79 Å². The molecule has 0 saturated heterocycles. The van der Waals surface area contributed by atoms with Crippen molar-refractivity contribution in [1.29, 1.82) is 0 Å². The van der Waals surface area contributed by atoms with Crippen LogP contribution in [0.2, 0.25) is 0 Å². The summed E-state index contributed by atoms with van der Waals surface area (Å²) in [5, 5.41) is 9.33. The minimum absolute atomic E-state index is 0.129. The number of phenolic OH excluding ortho intramolecular Hbond substituents is 1. The maximum absolute atomic E-state index is 12.8. The summed E-state index contributed by atoms with van der Waals surface area (Å²) in [5.41, 5.74) is -0.628. The van der Waals surface area contributed by atoms with E-state index in [1.54, 1.807) is 20.2 Å². The van der Waals surface area contributed by atoms with Crippen LogP contribution in [0.5, 0.6) is 5.75 Å². The summed E-state index contributed by atoms with van der Waals surface area (Å²) in [5.74, 6) is -1.20. The Balaban J connectivity index is 2.49. The average molecular weight is 310 g/mol. The molecule has 22 heavy (non-hydrogen) atoms. The molecule has 0 aliphatic carbocycles. The summed E-state index contributed by atoms with van der Waals surface area (Å²) in [6.45, 7) is 0. The number of hydrogen-bond donors (Lipinski definition) is 1. The van der Waals surface area contributed by atoms with Crippen molar-refractivity contribution < 1.29 is 23.1 Å². The van der Waals surface area contributed by atoms with Crippen LogP contribution in [0.3, 0.4) is 0 Å². The molecule has 1 heterocycles. The molecule has 0 aliphatic rings. The van der Waals surface area contributed by atoms with Gasteiger partial charge < -0.3 is 10.0 Å². The largest absolute Gasteiger partial charge is 0.507 e. The van der Waals surface area contributed by atoms with Gasteiger partial charge in [0.25, 0.3) is 5.91 Å². The highest BCUT2D eigenvalue weighted by atomic mass is 19.4. The molecule has 0 radical (unpaired) electrons. The zero-order valence-corrected chi connectivity index (χ0v) is 11.8. The number of aromatic nitrogens is 1. The SMILES string of the molecule is CN(C)C(=O)c1cccc(-c2ccc(O)c(C(F)(F)F)c2)n1. The van der Waals surface area contributed by atoms with Gasteiger partial charge in [-0.15, -0.1) is 0 Å². The zero-order valence-electron chi connectivity index (χ0n) is 11.8. The Morgan fingerprint density at radius 1 is 1.18 bits per heavy atom. The molecule has 0 atom stereocenters. The number of carbonyl (C=O) groups excluding carboxylic acids is 1. The van der Waals surface area contributed by atoms with Crippen molar-refractivity contribution in [3.8, 4) is 17.0 Å². The van der Waals surface area contributed by atoms with Crippen molar-refractivity contribution in [2.75, 3.05) is 14.1 Å². The Morgan fingerprint density at radius 2 is 1.86 bits per heavy atom. The van der Waals surface area contributed by atoms with Gasteiger partial charge in [0.15, 0.2) is 0 Å². The van der Waals surface area contributed by atoms with Crippen molar-refractivity contribution in [2.24, 2.45) is 0 Å². The molecule has 7 heteroatoms. The quantitative estimate of drug-likeness (QED) is 0.927. The number of hydrogen-bond acceptors (Lipinski definition) is 3. The second-order valence-corrected chi connectivity index (χ2v) is 4.84. The minimum Gasteiger partial charge on any atom is -0.507 e. The Kier molecular flexibility index (Phi) is 4.07. The molecule has 1 aromatic heterocycles. The van der Waals surface area contributed by atoms with Crippen LogP contribution >= 0.6 is 0 Å². The lowest BCUT2D eigenvalue weighted by Gasteiger charge is -2.12. The van der Waals surface area contributed by atoms with Crippen LogP contribution in [0.15, 0.2) is 36.4 Å². The van der Waals surface area contributed by atoms with Crippen LogP contribution < -0.4 is 0 Å². The van der Waals surface area contributed by atoms with Crippen LogP contribution in [-0.4, -0.2) is 35.0 Å². The van der Waals surface area contributed by atoms with Crippen molar-refractivity contribution in [3.05, 3.63) is 47.7 Å². The van der Waals surface area contributed by atoms with E-state index >= 15 is 0 Å². The number of halogens is 3. The number of alkyl halides is 3. The predicted octanol–water partition coefficient (Wildman–Crippen LogP) is 3.17. The Bertz CT molecular complexity index is 712. The third-order valence-corrected chi connectivity index (χ3v) is 2.97. The molecule has 0 spiro atoms. The number of carbonyl (C=O) groups is 1. The van der Waals surface area contributed by atoms with Crippen LogP contribution in [0, 0.1) is 0 Å². The van der Waals surface area contributed by atoms with Gasteiger partial charge >= 0.3 is 6.18 Å². The Labute approximate surface area is 124 Å². The summed E-state index contributed by atoms with van der Waals surface area (Å²) in [4.78, 5) is 17.3. The number of rotatable bonds is 2. The van der Waals surface area contributed by atoms with E-state index in [4.69, 9.17) is 0 Å². The molecular formula is C15H13F3N2O2. The highest BCUT2D eigenvalue weighted by Gasteiger charge is 2.34. The van der Waals surface area contributed by atoms with Crippen LogP contribution in [0.4, 0.5) is 13.2 Å². The maximum atomic E-state index is 12.8. The van der Waals surface area contributed by atoms with Crippen LogP contribution in [0.25, 0.3) is 11.3 Å². The number of benzene rings is 1. The van der Waals surface area contributed by atoms with E-state index in [0.717, 1.165) is 12.1 Å². The van der Waals surface area contributed by atoms with Gasteiger partial charge in [-0.25, -0.2) is 4.98 Å². The smallest absolute Gasteiger partial charge is 0.419 e. The van der Waals surface area contributed by atoms with Gasteiger partial charge in [-0.2, -0.15) is 13.2 Å². The monoisotopic (exact) mass is 310 g/mol. The molecule has 116 valence electrons. The first kappa shape index (κ1) is 15.8. The zero-order chi connectivity index (χ0) is 16.5. The molecule has 1 amide bonds. The van der Waals surface area contributed by atoms with E-state index in [9.17, 15) is 23.1 Å². The van der Waals surface area contributed by atoms with Gasteiger partial charge in [0, 0.05) is 19.7 Å². The summed E-state index contributed by atoms with van der Waals surface area (Å²) in [7, 11) is 3.11. The molecule has 1 aromatic carbocycles. The highest BCUT2D eigenvalue weighted by Crippen LogP contribution is 2.37. The van der Waals surface area contributed by atoms with Gasteiger partial charge in [-0.1, -0.05) is 6.07 Å². The normalized spacial score (nSPS) is 11.3. The van der Waals surface area contributed by atoms with Crippen molar-refractivity contribution in [2.45, 2.75) is 6.18 Å². The molecule has 0 unspecified atom stereocenters. The maximum Gasteiger partial charge on any atom is 0.419 e. The fourth-order valence-corrected chi connectivity index (χ4v) is 1.87. The molecule has 2 aromatic rings. The topological polar surface area (TPSA) is 53.4 Å². The first-order chi connectivity index (χ1) is 10.2. The molecule has 4 nitrogen and oxygen atoms in total.